The van der Waals surface area contributed by atoms with Crippen LogP contribution in [0, 0.1) is 12.3 Å². The first-order valence-corrected chi connectivity index (χ1v) is 5.98. The van der Waals surface area contributed by atoms with Gasteiger partial charge >= 0.3 is 0 Å². The molecule has 2 atom stereocenters. The highest BCUT2D eigenvalue weighted by molar-refractivity contribution is 9.10. The van der Waals surface area contributed by atoms with E-state index >= 15 is 0 Å². The number of halogens is 1. The second-order valence-electron chi connectivity index (χ2n) is 4.02. The summed E-state index contributed by atoms with van der Waals surface area (Å²) >= 11 is 3.62. The van der Waals surface area contributed by atoms with Crippen molar-refractivity contribution in [2.24, 2.45) is 0 Å². The van der Waals surface area contributed by atoms with Crippen molar-refractivity contribution in [1.82, 2.24) is 5.32 Å². The van der Waals surface area contributed by atoms with Gasteiger partial charge < -0.3 is 0 Å². The van der Waals surface area contributed by atoms with E-state index in [-0.39, 0.29) is 0 Å². The summed E-state index contributed by atoms with van der Waals surface area (Å²) in [7, 11) is 0. The Labute approximate surface area is 99.4 Å². The zero-order valence-electron chi connectivity index (χ0n) is 8.76. The number of hydrogen-bond donors (Lipinski definition) is 1. The van der Waals surface area contributed by atoms with Crippen LogP contribution in [0.4, 0.5) is 0 Å². The molecule has 1 N–H and O–H groups in total. The minimum Gasteiger partial charge on any atom is -0.299 e. The summed E-state index contributed by atoms with van der Waals surface area (Å²) in [5.41, 5.74) is 2.83. The fraction of sp³-hybridized carbons (Fsp3) is 0.385. The molecule has 2 rings (SSSR count). The van der Waals surface area contributed by atoms with E-state index in [9.17, 15) is 0 Å². The Hall–Kier alpha value is -0.780. The summed E-state index contributed by atoms with van der Waals surface area (Å²) < 4.78 is 1.22. The lowest BCUT2D eigenvalue weighted by molar-refractivity contribution is 0.535. The molecule has 1 aromatic rings. The van der Waals surface area contributed by atoms with Crippen LogP contribution in [0.3, 0.4) is 0 Å². The van der Waals surface area contributed by atoms with E-state index in [0.29, 0.717) is 18.5 Å². The first kappa shape index (κ1) is 10.7. The van der Waals surface area contributed by atoms with Gasteiger partial charge in [-0.3, -0.25) is 5.32 Å². The second-order valence-corrected chi connectivity index (χ2v) is 4.87. The smallest absolute Gasteiger partial charge is 0.0578 e. The standard InChI is InChI=1S/C13H14BrN/c1-3-7-15-12-8-9(2)13-10(12)5-4-6-11(13)14/h1,4-6,9,12,15H,7-8H2,2H3. The SMILES string of the molecule is C#CCNC1CC(C)c2c(Br)cccc21. The monoisotopic (exact) mass is 263 g/mol. The molecule has 0 saturated carbocycles. The van der Waals surface area contributed by atoms with Gasteiger partial charge in [0.15, 0.2) is 0 Å². The van der Waals surface area contributed by atoms with Gasteiger partial charge in [-0.1, -0.05) is 40.9 Å². The molecule has 0 spiro atoms. The minimum atomic E-state index is 0.420. The fourth-order valence-electron chi connectivity index (χ4n) is 2.35. The van der Waals surface area contributed by atoms with Crippen molar-refractivity contribution in [3.05, 3.63) is 33.8 Å². The number of terminal acetylenes is 1. The highest BCUT2D eigenvalue weighted by Crippen LogP contribution is 2.43. The number of nitrogens with one attached hydrogen (secondary N) is 1. The molecule has 2 heteroatoms. The normalized spacial score (nSPS) is 23.5. The van der Waals surface area contributed by atoms with Gasteiger partial charge in [0.2, 0.25) is 0 Å². The van der Waals surface area contributed by atoms with Crippen LogP contribution in [-0.4, -0.2) is 6.54 Å². The highest BCUT2D eigenvalue weighted by Gasteiger charge is 2.28. The Kier molecular flexibility index (Phi) is 3.14. The maximum Gasteiger partial charge on any atom is 0.0578 e. The van der Waals surface area contributed by atoms with E-state index in [1.807, 2.05) is 0 Å². The summed E-state index contributed by atoms with van der Waals surface area (Å²) in [6.45, 7) is 2.91. The van der Waals surface area contributed by atoms with Crippen molar-refractivity contribution in [2.75, 3.05) is 6.54 Å². The molecule has 1 aliphatic rings. The quantitative estimate of drug-likeness (QED) is 0.809. The lowest BCUT2D eigenvalue weighted by Crippen LogP contribution is -2.19. The van der Waals surface area contributed by atoms with Crippen molar-refractivity contribution >= 4 is 15.9 Å². The molecule has 0 aliphatic heterocycles. The summed E-state index contributed by atoms with van der Waals surface area (Å²) in [4.78, 5) is 0. The van der Waals surface area contributed by atoms with E-state index < -0.39 is 0 Å². The minimum absolute atomic E-state index is 0.420. The molecule has 1 nitrogen and oxygen atoms in total. The third-order valence-electron chi connectivity index (χ3n) is 2.99. The zero-order chi connectivity index (χ0) is 10.8. The van der Waals surface area contributed by atoms with Crippen LogP contribution in [0.1, 0.15) is 36.4 Å². The molecule has 78 valence electrons. The Bertz CT molecular complexity index is 405. The van der Waals surface area contributed by atoms with E-state index in [1.54, 1.807) is 0 Å². The van der Waals surface area contributed by atoms with Crippen LogP contribution in [0.2, 0.25) is 0 Å². The number of hydrogen-bond acceptors (Lipinski definition) is 1. The number of benzene rings is 1. The van der Waals surface area contributed by atoms with Gasteiger partial charge in [-0.05, 0) is 29.5 Å². The summed E-state index contributed by atoms with van der Waals surface area (Å²) in [5.74, 6) is 3.23. The number of fused-ring (bicyclic) bond motifs is 1. The van der Waals surface area contributed by atoms with E-state index in [2.05, 4.69) is 52.3 Å². The van der Waals surface area contributed by atoms with Crippen molar-refractivity contribution < 1.29 is 0 Å². The van der Waals surface area contributed by atoms with Crippen LogP contribution < -0.4 is 5.32 Å². The van der Waals surface area contributed by atoms with Gasteiger partial charge in [-0.15, -0.1) is 6.42 Å². The molecule has 15 heavy (non-hydrogen) atoms. The van der Waals surface area contributed by atoms with Crippen LogP contribution in [0.5, 0.6) is 0 Å². The molecular weight excluding hydrogens is 250 g/mol. The van der Waals surface area contributed by atoms with Gasteiger partial charge in [-0.25, -0.2) is 0 Å². The molecule has 0 fully saturated rings. The van der Waals surface area contributed by atoms with Gasteiger partial charge in [0.1, 0.15) is 0 Å². The highest BCUT2D eigenvalue weighted by atomic mass is 79.9. The molecule has 1 aliphatic carbocycles. The third-order valence-corrected chi connectivity index (χ3v) is 3.69. The van der Waals surface area contributed by atoms with Gasteiger partial charge in [0.05, 0.1) is 6.54 Å². The molecule has 1 aromatic carbocycles. The topological polar surface area (TPSA) is 12.0 Å². The van der Waals surface area contributed by atoms with Crippen molar-refractivity contribution in [2.45, 2.75) is 25.3 Å². The predicted molar refractivity (Wildman–Crippen MR) is 66.8 cm³/mol. The van der Waals surface area contributed by atoms with Crippen molar-refractivity contribution in [3.8, 4) is 12.3 Å². The van der Waals surface area contributed by atoms with Gasteiger partial charge in [0.25, 0.3) is 0 Å². The van der Waals surface area contributed by atoms with Crippen LogP contribution in [-0.2, 0) is 0 Å². The van der Waals surface area contributed by atoms with Crippen molar-refractivity contribution in [3.63, 3.8) is 0 Å². The number of rotatable bonds is 2. The maximum absolute atomic E-state index is 5.27. The average Bonchev–Trinajstić information content (AvgIpc) is 2.54. The van der Waals surface area contributed by atoms with E-state index in [0.717, 1.165) is 6.42 Å². The predicted octanol–water partition coefficient (Wildman–Crippen LogP) is 3.22. The third kappa shape index (κ3) is 1.95. The lowest BCUT2D eigenvalue weighted by atomic mass is 10.0. The summed E-state index contributed by atoms with van der Waals surface area (Å²) in [5, 5.41) is 3.39. The van der Waals surface area contributed by atoms with E-state index in [4.69, 9.17) is 6.42 Å². The molecule has 0 aromatic heterocycles. The summed E-state index contributed by atoms with van der Waals surface area (Å²) in [6.07, 6.45) is 6.41. The Balaban J connectivity index is 2.31. The van der Waals surface area contributed by atoms with Gasteiger partial charge in [0, 0.05) is 10.5 Å². The Morgan fingerprint density at radius 3 is 3.13 bits per heavy atom. The first-order chi connectivity index (χ1) is 7.24. The largest absolute Gasteiger partial charge is 0.299 e. The zero-order valence-corrected chi connectivity index (χ0v) is 10.3. The molecule has 0 amide bonds. The van der Waals surface area contributed by atoms with Gasteiger partial charge in [-0.2, -0.15) is 0 Å². The molecule has 2 unspecified atom stereocenters. The molecule has 0 radical (unpaired) electrons. The molecule has 0 bridgehead atoms. The molecule has 0 heterocycles. The molecule has 0 saturated heterocycles. The van der Waals surface area contributed by atoms with Crippen LogP contribution in [0.25, 0.3) is 0 Å². The average molecular weight is 264 g/mol. The Morgan fingerprint density at radius 1 is 1.60 bits per heavy atom. The lowest BCUT2D eigenvalue weighted by Gasteiger charge is -2.11. The van der Waals surface area contributed by atoms with Crippen LogP contribution >= 0.6 is 15.9 Å². The van der Waals surface area contributed by atoms with Crippen LogP contribution in [0.15, 0.2) is 22.7 Å². The van der Waals surface area contributed by atoms with E-state index in [1.165, 1.54) is 15.6 Å². The molecular formula is C13H14BrN. The van der Waals surface area contributed by atoms with Crippen molar-refractivity contribution in [1.29, 1.82) is 0 Å². The fourth-order valence-corrected chi connectivity index (χ4v) is 3.12. The Morgan fingerprint density at radius 2 is 2.40 bits per heavy atom. The summed E-state index contributed by atoms with van der Waals surface area (Å²) in [6, 6.07) is 6.81. The first-order valence-electron chi connectivity index (χ1n) is 5.19. The second kappa shape index (κ2) is 4.38. The maximum atomic E-state index is 5.27.